The molecule has 4 fully saturated rings. The lowest BCUT2D eigenvalue weighted by atomic mass is 9.67. The molecular formula is C10H13NO2. The summed E-state index contributed by atoms with van der Waals surface area (Å²) in [4.78, 5) is 0. The van der Waals surface area contributed by atoms with Crippen molar-refractivity contribution >= 4 is 0 Å². The van der Waals surface area contributed by atoms with Crippen molar-refractivity contribution < 1.29 is 10.2 Å². The molecule has 70 valence electrons. The molecule has 2 bridgehead atoms. The minimum atomic E-state index is -0.557. The summed E-state index contributed by atoms with van der Waals surface area (Å²) in [6.45, 7) is 0. The quantitative estimate of drug-likeness (QED) is 0.555. The molecule has 7 atom stereocenters. The van der Waals surface area contributed by atoms with Crippen LogP contribution in [0.1, 0.15) is 12.8 Å². The summed E-state index contributed by atoms with van der Waals surface area (Å²) < 4.78 is 0. The van der Waals surface area contributed by atoms with Gasteiger partial charge in [-0.3, -0.25) is 0 Å². The standard InChI is InChI=1S/C10H13NO2/c11-3-6-7-4-1-2-5(8(6)7)10(13)9(4)12/h4-10,12-13H,1-2H2/t4-,5+,6?,7-,8+,9+,10-. The van der Waals surface area contributed by atoms with Gasteiger partial charge in [-0.05, 0) is 36.5 Å². The molecule has 0 heterocycles. The zero-order chi connectivity index (χ0) is 9.16. The van der Waals surface area contributed by atoms with Crippen LogP contribution in [0.25, 0.3) is 0 Å². The van der Waals surface area contributed by atoms with Crippen LogP contribution < -0.4 is 0 Å². The second-order valence-electron chi connectivity index (χ2n) is 4.70. The van der Waals surface area contributed by atoms with Gasteiger partial charge in [-0.25, -0.2) is 0 Å². The predicted octanol–water partition coefficient (Wildman–Crippen LogP) is 0.134. The molecule has 4 aliphatic carbocycles. The van der Waals surface area contributed by atoms with E-state index in [9.17, 15) is 10.2 Å². The number of rotatable bonds is 0. The van der Waals surface area contributed by atoms with Gasteiger partial charge >= 0.3 is 0 Å². The van der Waals surface area contributed by atoms with E-state index >= 15 is 0 Å². The number of aliphatic hydroxyl groups excluding tert-OH is 2. The third kappa shape index (κ3) is 0.762. The summed E-state index contributed by atoms with van der Waals surface area (Å²) in [5.74, 6) is 1.35. The maximum atomic E-state index is 9.72. The molecule has 4 saturated carbocycles. The summed E-state index contributed by atoms with van der Waals surface area (Å²) in [6.07, 6.45) is 0.890. The molecule has 0 aromatic rings. The molecule has 0 spiro atoms. The van der Waals surface area contributed by atoms with Crippen LogP contribution in [-0.2, 0) is 0 Å². The normalized spacial score (nSPS) is 62.7. The zero-order valence-corrected chi connectivity index (χ0v) is 7.30. The first kappa shape index (κ1) is 7.78. The Morgan fingerprint density at radius 1 is 1.00 bits per heavy atom. The van der Waals surface area contributed by atoms with Crippen LogP contribution in [0.2, 0.25) is 0 Å². The van der Waals surface area contributed by atoms with Gasteiger partial charge < -0.3 is 10.2 Å². The number of hydrogen-bond acceptors (Lipinski definition) is 3. The molecule has 4 aliphatic rings. The van der Waals surface area contributed by atoms with Gasteiger partial charge in [0, 0.05) is 0 Å². The van der Waals surface area contributed by atoms with Crippen molar-refractivity contribution in [1.29, 1.82) is 5.26 Å². The van der Waals surface area contributed by atoms with Gasteiger partial charge in [-0.2, -0.15) is 5.26 Å². The lowest BCUT2D eigenvalue weighted by molar-refractivity contribution is -0.113. The predicted molar refractivity (Wildman–Crippen MR) is 44.3 cm³/mol. The molecule has 4 rings (SSSR count). The van der Waals surface area contributed by atoms with Gasteiger partial charge in [0.25, 0.3) is 0 Å². The zero-order valence-electron chi connectivity index (χ0n) is 7.30. The molecule has 0 saturated heterocycles. The van der Waals surface area contributed by atoms with Gasteiger partial charge in [-0.15, -0.1) is 0 Å². The van der Waals surface area contributed by atoms with Gasteiger partial charge in [0.05, 0.1) is 24.2 Å². The van der Waals surface area contributed by atoms with Crippen LogP contribution in [0.3, 0.4) is 0 Å². The van der Waals surface area contributed by atoms with E-state index < -0.39 is 12.2 Å². The Balaban J connectivity index is 1.93. The highest BCUT2D eigenvalue weighted by Gasteiger charge is 2.67. The van der Waals surface area contributed by atoms with E-state index in [-0.39, 0.29) is 17.8 Å². The summed E-state index contributed by atoms with van der Waals surface area (Å²) >= 11 is 0. The Kier molecular flexibility index (Phi) is 1.35. The number of nitriles is 1. The minimum absolute atomic E-state index is 0.129. The maximum Gasteiger partial charge on any atom is 0.0833 e. The van der Waals surface area contributed by atoms with E-state index in [4.69, 9.17) is 5.26 Å². The molecule has 13 heavy (non-hydrogen) atoms. The fraction of sp³-hybridized carbons (Fsp3) is 0.900. The number of nitrogens with zero attached hydrogens (tertiary/aromatic N) is 1. The first-order chi connectivity index (χ1) is 6.25. The SMILES string of the molecule is N#CC1[C@@H]2[C@@H]3CC[C@@H]([C@H](O)[C@@H]3O)[C@H]12. The van der Waals surface area contributed by atoms with Gasteiger partial charge in [0.15, 0.2) is 0 Å². The first-order valence-electron chi connectivity index (χ1n) is 5.01. The number of fused-ring (bicyclic) bond motifs is 2. The average molecular weight is 179 g/mol. The Bertz CT molecular complexity index is 263. The summed E-state index contributed by atoms with van der Waals surface area (Å²) in [5, 5.41) is 28.3. The highest BCUT2D eigenvalue weighted by Crippen LogP contribution is 2.65. The van der Waals surface area contributed by atoms with Crippen molar-refractivity contribution in [2.45, 2.75) is 25.0 Å². The van der Waals surface area contributed by atoms with Crippen LogP contribution in [0, 0.1) is 40.9 Å². The Morgan fingerprint density at radius 2 is 1.46 bits per heavy atom. The van der Waals surface area contributed by atoms with Crippen LogP contribution in [0.15, 0.2) is 0 Å². The molecule has 1 unspecified atom stereocenters. The molecule has 0 aromatic heterocycles. The van der Waals surface area contributed by atoms with Crippen molar-refractivity contribution in [2.75, 3.05) is 0 Å². The second kappa shape index (κ2) is 2.26. The lowest BCUT2D eigenvalue weighted by Gasteiger charge is -2.42. The second-order valence-corrected chi connectivity index (χ2v) is 4.70. The van der Waals surface area contributed by atoms with E-state index in [0.717, 1.165) is 12.8 Å². The Hall–Kier alpha value is -0.590. The molecule has 0 radical (unpaired) electrons. The molecule has 0 aliphatic heterocycles. The van der Waals surface area contributed by atoms with Crippen molar-refractivity contribution in [3.63, 3.8) is 0 Å². The van der Waals surface area contributed by atoms with Crippen molar-refractivity contribution in [1.82, 2.24) is 0 Å². The van der Waals surface area contributed by atoms with Gasteiger partial charge in [0.2, 0.25) is 0 Å². The molecule has 3 nitrogen and oxygen atoms in total. The molecule has 0 aromatic carbocycles. The van der Waals surface area contributed by atoms with Crippen LogP contribution in [0.5, 0.6) is 0 Å². The maximum absolute atomic E-state index is 9.72. The number of aliphatic hydroxyl groups is 2. The van der Waals surface area contributed by atoms with Crippen LogP contribution in [-0.4, -0.2) is 22.4 Å². The largest absolute Gasteiger partial charge is 0.390 e. The summed E-state index contributed by atoms with van der Waals surface area (Å²) in [5.41, 5.74) is 0. The topological polar surface area (TPSA) is 64.2 Å². The monoisotopic (exact) mass is 179 g/mol. The fourth-order valence-electron chi connectivity index (χ4n) is 3.71. The van der Waals surface area contributed by atoms with Gasteiger partial charge in [-0.1, -0.05) is 0 Å². The fourth-order valence-corrected chi connectivity index (χ4v) is 3.71. The van der Waals surface area contributed by atoms with E-state index in [1.54, 1.807) is 0 Å². The smallest absolute Gasteiger partial charge is 0.0833 e. The van der Waals surface area contributed by atoms with Gasteiger partial charge in [0.1, 0.15) is 0 Å². The highest BCUT2D eigenvalue weighted by atomic mass is 16.3. The van der Waals surface area contributed by atoms with E-state index in [1.165, 1.54) is 0 Å². The van der Waals surface area contributed by atoms with Crippen molar-refractivity contribution in [3.05, 3.63) is 0 Å². The first-order valence-corrected chi connectivity index (χ1v) is 5.01. The van der Waals surface area contributed by atoms with E-state index in [2.05, 4.69) is 6.07 Å². The van der Waals surface area contributed by atoms with E-state index in [0.29, 0.717) is 11.8 Å². The highest BCUT2D eigenvalue weighted by molar-refractivity contribution is 5.20. The Labute approximate surface area is 77.0 Å². The molecular weight excluding hydrogens is 166 g/mol. The molecule has 3 heteroatoms. The third-order valence-corrected chi connectivity index (χ3v) is 4.33. The summed E-state index contributed by atoms with van der Waals surface area (Å²) in [7, 11) is 0. The third-order valence-electron chi connectivity index (χ3n) is 4.33. The van der Waals surface area contributed by atoms with Crippen LogP contribution >= 0.6 is 0 Å². The van der Waals surface area contributed by atoms with Crippen molar-refractivity contribution in [3.8, 4) is 6.07 Å². The molecule has 0 amide bonds. The average Bonchev–Trinajstić information content (AvgIpc) is 2.87. The van der Waals surface area contributed by atoms with Crippen LogP contribution in [0.4, 0.5) is 0 Å². The Morgan fingerprint density at radius 3 is 1.85 bits per heavy atom. The molecule has 2 N–H and O–H groups in total. The number of hydrogen-bond donors (Lipinski definition) is 2. The van der Waals surface area contributed by atoms with Crippen molar-refractivity contribution in [2.24, 2.45) is 29.6 Å². The summed E-state index contributed by atoms with van der Waals surface area (Å²) in [6, 6.07) is 2.30. The lowest BCUT2D eigenvalue weighted by Crippen LogP contribution is -2.49. The van der Waals surface area contributed by atoms with E-state index in [1.807, 2.05) is 0 Å². The minimum Gasteiger partial charge on any atom is -0.390 e.